The summed E-state index contributed by atoms with van der Waals surface area (Å²) in [5.41, 5.74) is 0.777. The summed E-state index contributed by atoms with van der Waals surface area (Å²) >= 11 is 10.2. The first kappa shape index (κ1) is 12.6. The number of nitrogens with zero attached hydrogens (tertiary/aromatic N) is 1. The monoisotopic (exact) mass is 303 g/mol. The molecule has 5 heteroatoms. The number of pyridine rings is 1. The number of halogens is 2. The first-order chi connectivity index (χ1) is 7.09. The maximum absolute atomic E-state index is 10.6. The van der Waals surface area contributed by atoms with E-state index in [2.05, 4.69) is 32.8 Å². The minimum Gasteiger partial charge on any atom is -0.288 e. The number of thioether (sulfide) groups is 1. The summed E-state index contributed by atoms with van der Waals surface area (Å²) in [4.78, 5) is 14.5. The van der Waals surface area contributed by atoms with Gasteiger partial charge in [0, 0.05) is 18.7 Å². The molecule has 0 spiro atoms. The van der Waals surface area contributed by atoms with Gasteiger partial charge in [0.25, 0.3) is 0 Å². The van der Waals surface area contributed by atoms with Gasteiger partial charge in [-0.15, -0.1) is 0 Å². The predicted molar refractivity (Wildman–Crippen MR) is 67.0 cm³/mol. The van der Waals surface area contributed by atoms with Gasteiger partial charge >= 0.3 is 0 Å². The molecule has 78 valence electrons. The molecule has 0 aromatic carbocycles. The SMILES string of the molecule is CC(=O)SCC#Cc1cc(Cl)ncc1Br. The molecule has 0 aliphatic rings. The van der Waals surface area contributed by atoms with Gasteiger partial charge in [0.2, 0.25) is 0 Å². The lowest BCUT2D eigenvalue weighted by atomic mass is 10.3. The van der Waals surface area contributed by atoms with E-state index in [1.165, 1.54) is 18.7 Å². The number of carbonyl (C=O) groups excluding carboxylic acids is 1. The fourth-order valence-electron chi connectivity index (χ4n) is 0.778. The van der Waals surface area contributed by atoms with Crippen molar-refractivity contribution in [3.05, 3.63) is 27.5 Å². The quantitative estimate of drug-likeness (QED) is 0.590. The van der Waals surface area contributed by atoms with Crippen LogP contribution >= 0.6 is 39.3 Å². The zero-order valence-corrected chi connectivity index (χ0v) is 11.0. The van der Waals surface area contributed by atoms with E-state index in [0.717, 1.165) is 10.0 Å². The lowest BCUT2D eigenvalue weighted by molar-refractivity contribution is -0.109. The lowest BCUT2D eigenvalue weighted by Crippen LogP contribution is -1.84. The standard InChI is InChI=1S/C10H7BrClNOS/c1-7(14)15-4-2-3-8-5-10(12)13-6-9(8)11/h5-6H,4H2,1H3. The maximum atomic E-state index is 10.6. The van der Waals surface area contributed by atoms with Crippen LogP contribution in [0.2, 0.25) is 5.15 Å². The van der Waals surface area contributed by atoms with Crippen LogP contribution in [0.25, 0.3) is 0 Å². The second kappa shape index (κ2) is 6.16. The molecule has 0 N–H and O–H groups in total. The van der Waals surface area contributed by atoms with Crippen LogP contribution in [0.15, 0.2) is 16.7 Å². The summed E-state index contributed by atoms with van der Waals surface area (Å²) in [7, 11) is 0. The van der Waals surface area contributed by atoms with Crippen molar-refractivity contribution in [1.29, 1.82) is 0 Å². The van der Waals surface area contributed by atoms with Crippen molar-refractivity contribution in [2.24, 2.45) is 0 Å². The van der Waals surface area contributed by atoms with Gasteiger partial charge in [0.1, 0.15) is 5.15 Å². The Morgan fingerprint density at radius 3 is 3.13 bits per heavy atom. The Balaban J connectivity index is 2.71. The number of aromatic nitrogens is 1. The van der Waals surface area contributed by atoms with Crippen molar-refractivity contribution in [2.45, 2.75) is 6.92 Å². The van der Waals surface area contributed by atoms with E-state index in [0.29, 0.717) is 10.9 Å². The van der Waals surface area contributed by atoms with Gasteiger partial charge in [-0.1, -0.05) is 35.2 Å². The summed E-state index contributed by atoms with van der Waals surface area (Å²) in [5, 5.41) is 0.470. The van der Waals surface area contributed by atoms with Crippen molar-refractivity contribution in [3.8, 4) is 11.8 Å². The zero-order chi connectivity index (χ0) is 11.3. The number of hydrogen-bond donors (Lipinski definition) is 0. The average molecular weight is 305 g/mol. The van der Waals surface area contributed by atoms with E-state index >= 15 is 0 Å². The van der Waals surface area contributed by atoms with E-state index in [4.69, 9.17) is 11.6 Å². The molecule has 0 saturated carbocycles. The van der Waals surface area contributed by atoms with Crippen molar-refractivity contribution < 1.29 is 4.79 Å². The van der Waals surface area contributed by atoms with Gasteiger partial charge in [0.15, 0.2) is 5.12 Å². The van der Waals surface area contributed by atoms with Gasteiger partial charge in [-0.3, -0.25) is 4.79 Å². The van der Waals surface area contributed by atoms with E-state index in [1.54, 1.807) is 12.3 Å². The molecule has 0 fully saturated rings. The zero-order valence-electron chi connectivity index (χ0n) is 7.88. The van der Waals surface area contributed by atoms with Crippen LogP contribution in [0.4, 0.5) is 0 Å². The van der Waals surface area contributed by atoms with Crippen molar-refractivity contribution >= 4 is 44.4 Å². The highest BCUT2D eigenvalue weighted by Gasteiger charge is 1.98. The first-order valence-corrected chi connectivity index (χ1v) is 6.18. The van der Waals surface area contributed by atoms with Crippen LogP contribution in [-0.4, -0.2) is 15.9 Å². The highest BCUT2D eigenvalue weighted by molar-refractivity contribution is 9.10. The maximum Gasteiger partial charge on any atom is 0.186 e. The van der Waals surface area contributed by atoms with Crippen molar-refractivity contribution in [2.75, 3.05) is 5.75 Å². The molecule has 0 saturated heterocycles. The minimum absolute atomic E-state index is 0.0659. The normalized spacial score (nSPS) is 9.27. The second-order valence-electron chi connectivity index (χ2n) is 2.57. The molecule has 1 rings (SSSR count). The molecule has 1 aromatic heterocycles. The molecule has 1 heterocycles. The Morgan fingerprint density at radius 1 is 1.73 bits per heavy atom. The van der Waals surface area contributed by atoms with Crippen molar-refractivity contribution in [1.82, 2.24) is 4.98 Å². The number of hydrogen-bond acceptors (Lipinski definition) is 3. The molecule has 2 nitrogen and oxygen atoms in total. The fraction of sp³-hybridized carbons (Fsp3) is 0.200. The Hall–Kier alpha value is -0.500. The lowest BCUT2D eigenvalue weighted by Gasteiger charge is -1.95. The fourth-order valence-corrected chi connectivity index (χ4v) is 1.60. The van der Waals surface area contributed by atoms with E-state index < -0.39 is 0 Å². The molecule has 0 unspecified atom stereocenters. The topological polar surface area (TPSA) is 30.0 Å². The summed E-state index contributed by atoms with van der Waals surface area (Å²) in [5.74, 6) is 6.28. The Labute approximate surface area is 106 Å². The van der Waals surface area contributed by atoms with E-state index in [9.17, 15) is 4.79 Å². The summed E-state index contributed by atoms with van der Waals surface area (Å²) in [6.45, 7) is 1.52. The third-order valence-corrected chi connectivity index (χ3v) is 2.93. The summed E-state index contributed by atoms with van der Waals surface area (Å²) in [6, 6.07) is 1.68. The van der Waals surface area contributed by atoms with Crippen molar-refractivity contribution in [3.63, 3.8) is 0 Å². The molecular weight excluding hydrogens is 298 g/mol. The highest BCUT2D eigenvalue weighted by Crippen LogP contribution is 2.17. The van der Waals surface area contributed by atoms with Gasteiger partial charge in [-0.05, 0) is 22.0 Å². The predicted octanol–water partition coefficient (Wildman–Crippen LogP) is 3.13. The Morgan fingerprint density at radius 2 is 2.47 bits per heavy atom. The molecule has 1 aromatic rings. The highest BCUT2D eigenvalue weighted by atomic mass is 79.9. The number of rotatable bonds is 1. The second-order valence-corrected chi connectivity index (χ2v) is 4.96. The summed E-state index contributed by atoms with van der Waals surface area (Å²) < 4.78 is 0.798. The van der Waals surface area contributed by atoms with Crippen LogP contribution in [0.3, 0.4) is 0 Å². The van der Waals surface area contributed by atoms with Gasteiger partial charge in [-0.25, -0.2) is 4.98 Å². The molecule has 0 atom stereocenters. The third-order valence-electron chi connectivity index (χ3n) is 1.39. The molecule has 15 heavy (non-hydrogen) atoms. The van der Waals surface area contributed by atoms with Gasteiger partial charge in [0.05, 0.1) is 10.2 Å². The molecule has 0 aliphatic heterocycles. The molecule has 0 bridgehead atoms. The Kier molecular flexibility index (Phi) is 5.16. The molecular formula is C10H7BrClNOS. The first-order valence-electron chi connectivity index (χ1n) is 4.03. The smallest absolute Gasteiger partial charge is 0.186 e. The molecule has 0 aliphatic carbocycles. The van der Waals surface area contributed by atoms with E-state index in [-0.39, 0.29) is 5.12 Å². The average Bonchev–Trinajstić information content (AvgIpc) is 2.17. The van der Waals surface area contributed by atoms with Gasteiger partial charge < -0.3 is 0 Å². The van der Waals surface area contributed by atoms with Crippen LogP contribution in [0.1, 0.15) is 12.5 Å². The van der Waals surface area contributed by atoms with E-state index in [1.807, 2.05) is 0 Å². The van der Waals surface area contributed by atoms with Crippen LogP contribution < -0.4 is 0 Å². The van der Waals surface area contributed by atoms with Crippen LogP contribution in [-0.2, 0) is 4.79 Å². The molecule has 0 amide bonds. The van der Waals surface area contributed by atoms with Crippen LogP contribution in [0.5, 0.6) is 0 Å². The van der Waals surface area contributed by atoms with Gasteiger partial charge in [-0.2, -0.15) is 0 Å². The third kappa shape index (κ3) is 4.70. The summed E-state index contributed by atoms with van der Waals surface area (Å²) in [6.07, 6.45) is 1.60. The minimum atomic E-state index is 0.0659. The molecule has 0 radical (unpaired) electrons. The Bertz CT molecular complexity index is 439. The number of carbonyl (C=O) groups is 1. The van der Waals surface area contributed by atoms with Crippen LogP contribution in [0, 0.1) is 11.8 Å². The largest absolute Gasteiger partial charge is 0.288 e.